The summed E-state index contributed by atoms with van der Waals surface area (Å²) in [4.78, 5) is 27.1. The van der Waals surface area contributed by atoms with Gasteiger partial charge in [0.05, 0.1) is 18.6 Å². The molecule has 7 nitrogen and oxygen atoms in total. The molecule has 0 spiro atoms. The van der Waals surface area contributed by atoms with Crippen molar-refractivity contribution in [3.8, 4) is 0 Å². The van der Waals surface area contributed by atoms with E-state index in [-0.39, 0.29) is 11.8 Å². The number of nitrogens with two attached hydrogens (primary N) is 1. The number of anilines is 1. The van der Waals surface area contributed by atoms with Gasteiger partial charge in [0.1, 0.15) is 10.6 Å². The first kappa shape index (κ1) is 18.9. The van der Waals surface area contributed by atoms with E-state index in [1.807, 2.05) is 0 Å². The Kier molecular flexibility index (Phi) is 5.77. The summed E-state index contributed by atoms with van der Waals surface area (Å²) in [6.07, 6.45) is 2.69. The molecule has 0 unspecified atom stereocenters. The van der Waals surface area contributed by atoms with Crippen LogP contribution in [0.5, 0.6) is 0 Å². The van der Waals surface area contributed by atoms with Crippen molar-refractivity contribution in [2.45, 2.75) is 19.3 Å². The average molecular weight is 410 g/mol. The zero-order chi connectivity index (χ0) is 18.8. The summed E-state index contributed by atoms with van der Waals surface area (Å²) >= 11 is 7.86. The van der Waals surface area contributed by atoms with Crippen LogP contribution < -0.4 is 10.6 Å². The molecule has 9 heteroatoms. The zero-order valence-corrected chi connectivity index (χ0v) is 16.8. The summed E-state index contributed by atoms with van der Waals surface area (Å²) < 4.78 is 5.45. The minimum absolute atomic E-state index is 0.0408. The van der Waals surface area contributed by atoms with Crippen molar-refractivity contribution in [3.63, 3.8) is 0 Å². The average Bonchev–Trinajstić information content (AvgIpc) is 3.09. The quantitative estimate of drug-likeness (QED) is 0.759. The highest BCUT2D eigenvalue weighted by molar-refractivity contribution is 7.18. The molecule has 27 heavy (non-hydrogen) atoms. The molecule has 0 atom stereocenters. The Morgan fingerprint density at radius 1 is 1.26 bits per heavy atom. The fourth-order valence-corrected chi connectivity index (χ4v) is 5.01. The van der Waals surface area contributed by atoms with Crippen LogP contribution in [0.1, 0.15) is 17.7 Å². The number of thiophene rings is 1. The van der Waals surface area contributed by atoms with Gasteiger partial charge >= 0.3 is 0 Å². The number of nitrogens with zero attached hydrogens (tertiary/aromatic N) is 4. The van der Waals surface area contributed by atoms with Crippen molar-refractivity contribution in [2.75, 3.05) is 50.8 Å². The second-order valence-electron chi connectivity index (χ2n) is 7.12. The van der Waals surface area contributed by atoms with Crippen molar-refractivity contribution in [1.29, 1.82) is 0 Å². The molecule has 4 heterocycles. The Bertz CT molecular complexity index is 815. The van der Waals surface area contributed by atoms with E-state index in [9.17, 15) is 4.79 Å². The van der Waals surface area contributed by atoms with Gasteiger partial charge in [-0.15, -0.1) is 11.3 Å². The summed E-state index contributed by atoms with van der Waals surface area (Å²) in [5.74, 6) is 0.794. The first-order chi connectivity index (χ1) is 13.1. The highest BCUT2D eigenvalue weighted by atomic mass is 35.5. The van der Waals surface area contributed by atoms with Crippen molar-refractivity contribution in [1.82, 2.24) is 14.9 Å². The number of piperidine rings is 1. The lowest BCUT2D eigenvalue weighted by molar-refractivity contribution is -0.123. The number of rotatable bonds is 5. The summed E-state index contributed by atoms with van der Waals surface area (Å²) in [5.41, 5.74) is 5.42. The molecule has 2 aliphatic heterocycles. The molecular formula is C18H24ClN5O2S. The summed E-state index contributed by atoms with van der Waals surface area (Å²) in [7, 11) is 0. The van der Waals surface area contributed by atoms with Gasteiger partial charge in [0.25, 0.3) is 0 Å². The van der Waals surface area contributed by atoms with E-state index in [4.69, 9.17) is 22.1 Å². The smallest absolute Gasteiger partial charge is 0.225 e. The van der Waals surface area contributed by atoms with Crippen LogP contribution in [0.3, 0.4) is 0 Å². The summed E-state index contributed by atoms with van der Waals surface area (Å²) in [6.45, 7) is 5.91. The Labute approximate surface area is 167 Å². The maximum Gasteiger partial charge on any atom is 0.225 e. The topological polar surface area (TPSA) is 84.6 Å². The van der Waals surface area contributed by atoms with E-state index in [1.54, 1.807) is 11.3 Å². The predicted molar refractivity (Wildman–Crippen MR) is 108 cm³/mol. The number of amides is 1. The summed E-state index contributed by atoms with van der Waals surface area (Å²) in [5, 5.41) is 1.37. The van der Waals surface area contributed by atoms with Gasteiger partial charge in [0.2, 0.25) is 11.2 Å². The minimum Gasteiger partial charge on any atom is -0.378 e. The molecule has 0 bridgehead atoms. The lowest BCUT2D eigenvalue weighted by Crippen LogP contribution is -2.39. The number of primary amides is 1. The lowest BCUT2D eigenvalue weighted by atomic mass is 9.96. The van der Waals surface area contributed by atoms with E-state index in [0.29, 0.717) is 18.5 Å². The van der Waals surface area contributed by atoms with Gasteiger partial charge in [-0.25, -0.2) is 4.98 Å². The van der Waals surface area contributed by atoms with Crippen LogP contribution in [-0.2, 0) is 16.0 Å². The van der Waals surface area contributed by atoms with Gasteiger partial charge in [0, 0.05) is 30.4 Å². The van der Waals surface area contributed by atoms with E-state index >= 15 is 0 Å². The molecular weight excluding hydrogens is 386 g/mol. The van der Waals surface area contributed by atoms with E-state index < -0.39 is 0 Å². The van der Waals surface area contributed by atoms with Gasteiger partial charge in [-0.3, -0.25) is 4.79 Å². The maximum absolute atomic E-state index is 11.3. The molecule has 2 aliphatic rings. The zero-order valence-electron chi connectivity index (χ0n) is 15.2. The van der Waals surface area contributed by atoms with Crippen molar-refractivity contribution < 1.29 is 9.53 Å². The van der Waals surface area contributed by atoms with Crippen LogP contribution in [0.15, 0.2) is 6.07 Å². The van der Waals surface area contributed by atoms with Gasteiger partial charge in [-0.2, -0.15) is 4.98 Å². The Morgan fingerprint density at radius 3 is 2.70 bits per heavy atom. The lowest BCUT2D eigenvalue weighted by Gasteiger charge is -2.30. The molecule has 2 aromatic rings. The van der Waals surface area contributed by atoms with Crippen molar-refractivity contribution in [3.05, 3.63) is 16.2 Å². The van der Waals surface area contributed by atoms with Gasteiger partial charge in [-0.05, 0) is 50.0 Å². The number of likely N-dealkylation sites (tertiary alicyclic amines) is 1. The molecule has 2 N–H and O–H groups in total. The predicted octanol–water partition coefficient (Wildman–Crippen LogP) is 1.92. The number of aromatic nitrogens is 2. The molecule has 0 aromatic carbocycles. The number of morpholine rings is 1. The molecule has 1 amide bonds. The second-order valence-corrected chi connectivity index (χ2v) is 8.57. The Morgan fingerprint density at radius 2 is 2.00 bits per heavy atom. The van der Waals surface area contributed by atoms with Crippen LogP contribution in [0.25, 0.3) is 10.2 Å². The third-order valence-corrected chi connectivity index (χ3v) is 6.63. The molecule has 4 rings (SSSR count). The van der Waals surface area contributed by atoms with Gasteiger partial charge in [0.15, 0.2) is 0 Å². The third-order valence-electron chi connectivity index (χ3n) is 5.37. The molecule has 2 aromatic heterocycles. The number of ether oxygens (including phenoxy) is 1. The normalized spacial score (nSPS) is 19.7. The van der Waals surface area contributed by atoms with Crippen LogP contribution in [0.4, 0.5) is 5.82 Å². The Hall–Kier alpha value is -1.48. The number of carbonyl (C=O) groups is 1. The largest absolute Gasteiger partial charge is 0.378 e. The van der Waals surface area contributed by atoms with Crippen molar-refractivity contribution >= 4 is 44.9 Å². The number of halogens is 1. The first-order valence-corrected chi connectivity index (χ1v) is 10.6. The molecule has 0 saturated carbocycles. The minimum atomic E-state index is -0.162. The van der Waals surface area contributed by atoms with Crippen LogP contribution in [0.2, 0.25) is 5.28 Å². The van der Waals surface area contributed by atoms with Crippen LogP contribution >= 0.6 is 22.9 Å². The number of hydrogen-bond donors (Lipinski definition) is 1. The number of fused-ring (bicyclic) bond motifs is 1. The van der Waals surface area contributed by atoms with E-state index in [2.05, 4.69) is 25.8 Å². The highest BCUT2D eigenvalue weighted by Gasteiger charge is 2.23. The second kappa shape index (κ2) is 8.26. The first-order valence-electron chi connectivity index (χ1n) is 9.40. The third kappa shape index (κ3) is 4.34. The van der Waals surface area contributed by atoms with Crippen LogP contribution in [0, 0.1) is 5.92 Å². The number of carbonyl (C=O) groups excluding carboxylic acids is 1. The van der Waals surface area contributed by atoms with Gasteiger partial charge in [-0.1, -0.05) is 0 Å². The summed E-state index contributed by atoms with van der Waals surface area (Å²) in [6, 6.07) is 2.21. The van der Waals surface area contributed by atoms with E-state index in [0.717, 1.165) is 68.0 Å². The monoisotopic (exact) mass is 409 g/mol. The molecule has 2 fully saturated rings. The molecule has 0 aliphatic carbocycles. The standard InChI is InChI=1S/C18H24ClN5O2S/c19-18-21-16(24-7-9-26-10-8-24)14-11-13(27-17(14)22-18)3-6-23-4-1-12(2-5-23)15(20)25/h11-12H,1-10H2,(H2,20,25). The SMILES string of the molecule is NC(=O)C1CCN(CCc2cc3c(N4CCOCC4)nc(Cl)nc3s2)CC1. The molecule has 2 saturated heterocycles. The molecule has 0 radical (unpaired) electrons. The van der Waals surface area contributed by atoms with Gasteiger partial charge < -0.3 is 20.3 Å². The Balaban J connectivity index is 1.45. The van der Waals surface area contributed by atoms with Crippen LogP contribution in [-0.4, -0.2) is 66.7 Å². The molecule has 146 valence electrons. The number of hydrogen-bond acceptors (Lipinski definition) is 7. The highest BCUT2D eigenvalue weighted by Crippen LogP contribution is 2.33. The fourth-order valence-electron chi connectivity index (χ4n) is 3.78. The fraction of sp³-hybridized carbons (Fsp3) is 0.611. The maximum atomic E-state index is 11.3. The van der Waals surface area contributed by atoms with E-state index in [1.165, 1.54) is 4.88 Å². The van der Waals surface area contributed by atoms with Crippen molar-refractivity contribution in [2.24, 2.45) is 11.7 Å².